The minimum Gasteiger partial charge on any atom is -0.393 e. The monoisotopic (exact) mass is 400 g/mol. The van der Waals surface area contributed by atoms with Gasteiger partial charge in [0.25, 0.3) is 0 Å². The number of aliphatic hydroxyl groups is 1. The van der Waals surface area contributed by atoms with Crippen molar-refractivity contribution in [3.63, 3.8) is 0 Å². The summed E-state index contributed by atoms with van der Waals surface area (Å²) < 4.78 is 2.16. The Labute approximate surface area is 173 Å². The Morgan fingerprint density at radius 3 is 2.83 bits per heavy atom. The van der Waals surface area contributed by atoms with Gasteiger partial charge in [-0.3, -0.25) is 0 Å². The summed E-state index contributed by atoms with van der Waals surface area (Å²) in [6, 6.07) is 0.667. The van der Waals surface area contributed by atoms with E-state index in [0.29, 0.717) is 23.9 Å². The van der Waals surface area contributed by atoms with Crippen LogP contribution in [0.2, 0.25) is 0 Å². The molecule has 7 heteroatoms. The van der Waals surface area contributed by atoms with Crippen LogP contribution in [0, 0.1) is 0 Å². The molecule has 1 saturated heterocycles. The van der Waals surface area contributed by atoms with E-state index in [2.05, 4.69) is 34.1 Å². The zero-order valence-corrected chi connectivity index (χ0v) is 17.9. The molecule has 4 rings (SSSR count). The van der Waals surface area contributed by atoms with Crippen LogP contribution in [0.25, 0.3) is 11.0 Å². The normalized spacial score (nSPS) is 26.9. The van der Waals surface area contributed by atoms with Crippen molar-refractivity contribution in [1.82, 2.24) is 25.1 Å². The van der Waals surface area contributed by atoms with Crippen LogP contribution in [0.15, 0.2) is 6.20 Å². The summed E-state index contributed by atoms with van der Waals surface area (Å²) >= 11 is 0. The lowest BCUT2D eigenvalue weighted by molar-refractivity contribution is 0.108. The molecule has 0 amide bonds. The first-order valence-electron chi connectivity index (χ1n) is 11.6. The van der Waals surface area contributed by atoms with Crippen molar-refractivity contribution in [2.24, 2.45) is 0 Å². The molecule has 0 bridgehead atoms. The number of anilines is 1. The SMILES string of the molecule is CCC[C@H](C)Nc1ncc2c(C3CCCNCC3)nn(C3CCC(O)CC3)c2n1. The largest absolute Gasteiger partial charge is 0.393 e. The third kappa shape index (κ3) is 4.72. The molecule has 2 atom stereocenters. The first-order chi connectivity index (χ1) is 14.2. The maximum Gasteiger partial charge on any atom is 0.224 e. The van der Waals surface area contributed by atoms with Crippen LogP contribution in [0.3, 0.4) is 0 Å². The Morgan fingerprint density at radius 1 is 1.21 bits per heavy atom. The van der Waals surface area contributed by atoms with Crippen LogP contribution < -0.4 is 10.6 Å². The van der Waals surface area contributed by atoms with Gasteiger partial charge in [-0.05, 0) is 71.4 Å². The third-order valence-corrected chi connectivity index (χ3v) is 6.55. The maximum absolute atomic E-state index is 9.95. The van der Waals surface area contributed by atoms with E-state index in [9.17, 15) is 5.11 Å². The average Bonchev–Trinajstić information content (AvgIpc) is 2.88. The van der Waals surface area contributed by atoms with Crippen LogP contribution in [-0.4, -0.2) is 50.1 Å². The zero-order chi connectivity index (χ0) is 20.2. The lowest BCUT2D eigenvalue weighted by atomic mass is 9.93. The quantitative estimate of drug-likeness (QED) is 0.684. The summed E-state index contributed by atoms with van der Waals surface area (Å²) in [5.41, 5.74) is 2.13. The van der Waals surface area contributed by atoms with Crippen molar-refractivity contribution >= 4 is 17.0 Å². The second-order valence-electron chi connectivity index (χ2n) is 8.93. The van der Waals surface area contributed by atoms with E-state index in [0.717, 1.165) is 75.5 Å². The maximum atomic E-state index is 9.95. The number of aliphatic hydroxyl groups excluding tert-OH is 1. The molecule has 2 aromatic rings. The van der Waals surface area contributed by atoms with Gasteiger partial charge in [-0.1, -0.05) is 13.3 Å². The number of rotatable bonds is 6. The summed E-state index contributed by atoms with van der Waals surface area (Å²) in [7, 11) is 0. The Hall–Kier alpha value is -1.73. The standard InChI is InChI=1S/C22H36N6O/c1-3-5-15(2)25-22-24-14-19-20(16-6-4-12-23-13-11-16)27-28(21(19)26-22)17-7-9-18(29)10-8-17/h14-18,23,29H,3-13H2,1-2H3,(H,24,25,26)/t15-,16?,17?,18?/m0/s1. The smallest absolute Gasteiger partial charge is 0.224 e. The number of nitrogens with zero attached hydrogens (tertiary/aromatic N) is 4. The highest BCUT2D eigenvalue weighted by atomic mass is 16.3. The molecular weight excluding hydrogens is 364 g/mol. The Morgan fingerprint density at radius 2 is 2.03 bits per heavy atom. The second kappa shape index (κ2) is 9.39. The zero-order valence-electron chi connectivity index (χ0n) is 17.9. The van der Waals surface area contributed by atoms with Crippen molar-refractivity contribution in [3.05, 3.63) is 11.9 Å². The van der Waals surface area contributed by atoms with Crippen LogP contribution >= 0.6 is 0 Å². The summed E-state index contributed by atoms with van der Waals surface area (Å²) in [4.78, 5) is 9.58. The predicted octanol–water partition coefficient (Wildman–Crippen LogP) is 3.76. The molecule has 1 saturated carbocycles. The lowest BCUT2D eigenvalue weighted by Gasteiger charge is -2.26. The number of fused-ring (bicyclic) bond motifs is 1. The first kappa shape index (κ1) is 20.5. The van der Waals surface area contributed by atoms with Crippen LogP contribution in [0.1, 0.15) is 89.3 Å². The van der Waals surface area contributed by atoms with Gasteiger partial charge in [0.1, 0.15) is 0 Å². The topological polar surface area (TPSA) is 87.9 Å². The minimum atomic E-state index is -0.165. The number of hydrogen-bond donors (Lipinski definition) is 3. The van der Waals surface area contributed by atoms with Gasteiger partial charge in [-0.15, -0.1) is 0 Å². The molecule has 1 aliphatic carbocycles. The van der Waals surface area contributed by atoms with Gasteiger partial charge in [0.15, 0.2) is 5.65 Å². The summed E-state index contributed by atoms with van der Waals surface area (Å²) in [6.45, 7) is 6.52. The van der Waals surface area contributed by atoms with E-state index < -0.39 is 0 Å². The Balaban J connectivity index is 1.69. The van der Waals surface area contributed by atoms with Crippen LogP contribution in [0.4, 0.5) is 5.95 Å². The van der Waals surface area contributed by atoms with Crippen molar-refractivity contribution in [1.29, 1.82) is 0 Å². The molecule has 1 unspecified atom stereocenters. The summed E-state index contributed by atoms with van der Waals surface area (Å²) in [5, 5.41) is 23.2. The third-order valence-electron chi connectivity index (χ3n) is 6.55. The Bertz CT molecular complexity index is 790. The van der Waals surface area contributed by atoms with Gasteiger partial charge in [-0.2, -0.15) is 10.1 Å². The van der Waals surface area contributed by atoms with E-state index in [1.807, 2.05) is 6.20 Å². The highest BCUT2D eigenvalue weighted by Crippen LogP contribution is 2.35. The van der Waals surface area contributed by atoms with Gasteiger partial charge < -0.3 is 15.7 Å². The molecule has 3 heterocycles. The molecule has 0 radical (unpaired) electrons. The first-order valence-corrected chi connectivity index (χ1v) is 11.6. The fraction of sp³-hybridized carbons (Fsp3) is 0.773. The van der Waals surface area contributed by atoms with E-state index in [-0.39, 0.29) is 6.10 Å². The molecule has 2 aromatic heterocycles. The highest BCUT2D eigenvalue weighted by molar-refractivity contribution is 5.79. The molecule has 0 spiro atoms. The van der Waals surface area contributed by atoms with Crippen LogP contribution in [0.5, 0.6) is 0 Å². The predicted molar refractivity (Wildman–Crippen MR) is 116 cm³/mol. The lowest BCUT2D eigenvalue weighted by Crippen LogP contribution is -2.22. The van der Waals surface area contributed by atoms with Crippen molar-refractivity contribution < 1.29 is 5.11 Å². The summed E-state index contributed by atoms with van der Waals surface area (Å²) in [6.07, 6.45) is 11.1. The van der Waals surface area contributed by atoms with E-state index in [1.165, 1.54) is 12.1 Å². The molecule has 2 aliphatic rings. The fourth-order valence-corrected chi connectivity index (χ4v) is 4.89. The minimum absolute atomic E-state index is 0.165. The molecule has 160 valence electrons. The van der Waals surface area contributed by atoms with Crippen molar-refractivity contribution in [3.8, 4) is 0 Å². The number of nitrogens with one attached hydrogen (secondary N) is 2. The van der Waals surface area contributed by atoms with Gasteiger partial charge in [0, 0.05) is 18.2 Å². The molecular formula is C22H36N6O. The van der Waals surface area contributed by atoms with Crippen LogP contribution in [-0.2, 0) is 0 Å². The van der Waals surface area contributed by atoms with Gasteiger partial charge >= 0.3 is 0 Å². The molecule has 3 N–H and O–H groups in total. The molecule has 2 fully saturated rings. The van der Waals surface area contributed by atoms with E-state index in [1.54, 1.807) is 0 Å². The fourth-order valence-electron chi connectivity index (χ4n) is 4.89. The van der Waals surface area contributed by atoms with Gasteiger partial charge in [0.05, 0.1) is 23.2 Å². The number of hydrogen-bond acceptors (Lipinski definition) is 6. The molecule has 29 heavy (non-hydrogen) atoms. The van der Waals surface area contributed by atoms with Crippen molar-refractivity contribution in [2.75, 3.05) is 18.4 Å². The van der Waals surface area contributed by atoms with Gasteiger partial charge in [-0.25, -0.2) is 9.67 Å². The van der Waals surface area contributed by atoms with E-state index >= 15 is 0 Å². The number of aromatic nitrogens is 4. The van der Waals surface area contributed by atoms with E-state index in [4.69, 9.17) is 10.1 Å². The van der Waals surface area contributed by atoms with Gasteiger partial charge in [0.2, 0.25) is 5.95 Å². The average molecular weight is 401 g/mol. The molecule has 1 aliphatic heterocycles. The Kier molecular flexibility index (Phi) is 6.65. The van der Waals surface area contributed by atoms with Crippen molar-refractivity contribution in [2.45, 2.75) is 95.7 Å². The molecule has 0 aromatic carbocycles. The second-order valence-corrected chi connectivity index (χ2v) is 8.93. The molecule has 7 nitrogen and oxygen atoms in total. The highest BCUT2D eigenvalue weighted by Gasteiger charge is 2.28. The summed E-state index contributed by atoms with van der Waals surface area (Å²) in [5.74, 6) is 1.16.